The zero-order valence-corrected chi connectivity index (χ0v) is 17.8. The van der Waals surface area contributed by atoms with Crippen LogP contribution in [-0.2, 0) is 16.0 Å². The Morgan fingerprint density at radius 3 is 2.23 bits per heavy atom. The summed E-state index contributed by atoms with van der Waals surface area (Å²) in [4.78, 5) is 30.0. The van der Waals surface area contributed by atoms with Gasteiger partial charge in [0.2, 0.25) is 0 Å². The number of nitrogens with one attached hydrogen (secondary N) is 1. The lowest BCUT2D eigenvalue weighted by atomic mass is 10.2. The predicted octanol–water partition coefficient (Wildman–Crippen LogP) is 4.11. The smallest absolute Gasteiger partial charge is 0.410 e. The molecule has 0 spiro atoms. The van der Waals surface area contributed by atoms with E-state index in [1.54, 1.807) is 47.7 Å². The van der Waals surface area contributed by atoms with E-state index in [4.69, 9.17) is 9.47 Å². The summed E-state index contributed by atoms with van der Waals surface area (Å²) >= 11 is 3.33. The van der Waals surface area contributed by atoms with Crippen molar-refractivity contribution in [3.63, 3.8) is 0 Å². The molecule has 0 aliphatic heterocycles. The number of amides is 2. The van der Waals surface area contributed by atoms with Gasteiger partial charge in [-0.05, 0) is 69.6 Å². The van der Waals surface area contributed by atoms with Crippen LogP contribution >= 0.6 is 15.9 Å². The summed E-state index contributed by atoms with van der Waals surface area (Å²) in [5.41, 5.74) is -0.464. The molecule has 0 fully saturated rings. The van der Waals surface area contributed by atoms with Crippen molar-refractivity contribution in [3.8, 4) is 0 Å². The first-order valence-electron chi connectivity index (χ1n) is 8.41. The highest BCUT2D eigenvalue weighted by Crippen LogP contribution is 2.13. The third-order valence-corrected chi connectivity index (χ3v) is 3.31. The van der Waals surface area contributed by atoms with E-state index in [1.165, 1.54) is 4.90 Å². The molecule has 2 amide bonds. The lowest BCUT2D eigenvalue weighted by Crippen LogP contribution is -2.42. The van der Waals surface area contributed by atoms with E-state index in [9.17, 15) is 9.59 Å². The lowest BCUT2D eigenvalue weighted by Gasteiger charge is -2.27. The SMILES string of the molecule is CC(C)(C)OC(=O)NCCN(Cc1ccc(Br)cn1)C(=O)OC(C)(C)C. The second-order valence-electron chi connectivity index (χ2n) is 7.80. The quantitative estimate of drug-likeness (QED) is 0.761. The van der Waals surface area contributed by atoms with E-state index in [-0.39, 0.29) is 19.6 Å². The van der Waals surface area contributed by atoms with Gasteiger partial charge in [0, 0.05) is 23.8 Å². The zero-order chi connectivity index (χ0) is 20.0. The van der Waals surface area contributed by atoms with Crippen molar-refractivity contribution in [2.45, 2.75) is 59.3 Å². The van der Waals surface area contributed by atoms with E-state index < -0.39 is 23.4 Å². The first-order valence-corrected chi connectivity index (χ1v) is 9.20. The summed E-state index contributed by atoms with van der Waals surface area (Å²) < 4.78 is 11.5. The van der Waals surface area contributed by atoms with Crippen molar-refractivity contribution in [1.29, 1.82) is 0 Å². The normalized spacial score (nSPS) is 11.7. The number of alkyl carbamates (subject to hydrolysis) is 1. The predicted molar refractivity (Wildman–Crippen MR) is 103 cm³/mol. The molecule has 1 aromatic heterocycles. The van der Waals surface area contributed by atoms with Gasteiger partial charge in [0.25, 0.3) is 0 Å². The van der Waals surface area contributed by atoms with Crippen LogP contribution in [0.25, 0.3) is 0 Å². The van der Waals surface area contributed by atoms with Gasteiger partial charge in [-0.1, -0.05) is 0 Å². The summed E-state index contributed by atoms with van der Waals surface area (Å²) in [5, 5.41) is 2.64. The highest BCUT2D eigenvalue weighted by molar-refractivity contribution is 9.10. The number of pyridine rings is 1. The largest absolute Gasteiger partial charge is 0.444 e. The van der Waals surface area contributed by atoms with E-state index in [0.717, 1.165) is 10.2 Å². The Bertz CT molecular complexity index is 606. The Morgan fingerprint density at radius 1 is 1.12 bits per heavy atom. The number of ether oxygens (including phenoxy) is 2. The molecule has 7 nitrogen and oxygen atoms in total. The number of halogens is 1. The van der Waals surface area contributed by atoms with Crippen LogP contribution in [0.5, 0.6) is 0 Å². The highest BCUT2D eigenvalue weighted by Gasteiger charge is 2.23. The van der Waals surface area contributed by atoms with Gasteiger partial charge in [-0.3, -0.25) is 4.98 Å². The molecular weight excluding hydrogens is 402 g/mol. The maximum atomic E-state index is 12.5. The number of nitrogens with zero attached hydrogens (tertiary/aromatic N) is 2. The van der Waals surface area contributed by atoms with Crippen LogP contribution in [0.15, 0.2) is 22.8 Å². The summed E-state index contributed by atoms with van der Waals surface area (Å²) in [5.74, 6) is 0. The summed E-state index contributed by atoms with van der Waals surface area (Å²) in [7, 11) is 0. The van der Waals surface area contributed by atoms with Crippen LogP contribution in [0.2, 0.25) is 0 Å². The molecule has 0 saturated carbocycles. The Morgan fingerprint density at radius 2 is 1.73 bits per heavy atom. The standard InChI is InChI=1S/C18H28BrN3O4/c1-17(2,3)25-15(23)20-9-10-22(16(24)26-18(4,5)6)12-14-8-7-13(19)11-21-14/h7-8,11H,9-10,12H2,1-6H3,(H,20,23). The Balaban J connectivity index is 2.69. The summed E-state index contributed by atoms with van der Waals surface area (Å²) in [6.45, 7) is 11.6. The fraction of sp³-hybridized carbons (Fsp3) is 0.611. The molecule has 0 unspecified atom stereocenters. The molecular formula is C18H28BrN3O4. The average Bonchev–Trinajstić information content (AvgIpc) is 2.44. The lowest BCUT2D eigenvalue weighted by molar-refractivity contribution is 0.0222. The highest BCUT2D eigenvalue weighted by atomic mass is 79.9. The van der Waals surface area contributed by atoms with Crippen LogP contribution in [0, 0.1) is 0 Å². The number of hydrogen-bond acceptors (Lipinski definition) is 5. The molecule has 0 aromatic carbocycles. The van der Waals surface area contributed by atoms with Gasteiger partial charge in [-0.25, -0.2) is 9.59 Å². The van der Waals surface area contributed by atoms with Crippen molar-refractivity contribution in [2.24, 2.45) is 0 Å². The maximum absolute atomic E-state index is 12.5. The van der Waals surface area contributed by atoms with Gasteiger partial charge in [0.05, 0.1) is 12.2 Å². The fourth-order valence-corrected chi connectivity index (χ4v) is 2.10. The summed E-state index contributed by atoms with van der Waals surface area (Å²) in [6, 6.07) is 3.68. The topological polar surface area (TPSA) is 80.8 Å². The van der Waals surface area contributed by atoms with Crippen LogP contribution in [-0.4, -0.2) is 46.4 Å². The van der Waals surface area contributed by atoms with Crippen LogP contribution in [0.1, 0.15) is 47.2 Å². The van der Waals surface area contributed by atoms with Crippen molar-refractivity contribution < 1.29 is 19.1 Å². The number of aromatic nitrogens is 1. The summed E-state index contributed by atoms with van der Waals surface area (Å²) in [6.07, 6.45) is 0.679. The second kappa shape index (κ2) is 9.21. The third kappa shape index (κ3) is 9.60. The molecule has 1 rings (SSSR count). The monoisotopic (exact) mass is 429 g/mol. The molecule has 1 N–H and O–H groups in total. The van der Waals surface area contributed by atoms with E-state index in [2.05, 4.69) is 26.2 Å². The average molecular weight is 430 g/mol. The number of carbonyl (C=O) groups is 2. The van der Waals surface area contributed by atoms with Crippen molar-refractivity contribution in [1.82, 2.24) is 15.2 Å². The zero-order valence-electron chi connectivity index (χ0n) is 16.3. The van der Waals surface area contributed by atoms with Gasteiger partial charge in [-0.2, -0.15) is 0 Å². The van der Waals surface area contributed by atoms with Gasteiger partial charge < -0.3 is 19.7 Å². The maximum Gasteiger partial charge on any atom is 0.410 e. The first kappa shape index (κ1) is 22.2. The molecule has 0 aliphatic rings. The molecule has 0 radical (unpaired) electrons. The molecule has 26 heavy (non-hydrogen) atoms. The van der Waals surface area contributed by atoms with Crippen molar-refractivity contribution >= 4 is 28.1 Å². The molecule has 0 atom stereocenters. The third-order valence-electron chi connectivity index (χ3n) is 2.84. The molecule has 8 heteroatoms. The minimum atomic E-state index is -0.610. The van der Waals surface area contributed by atoms with Crippen LogP contribution in [0.4, 0.5) is 9.59 Å². The number of rotatable bonds is 5. The van der Waals surface area contributed by atoms with E-state index in [1.807, 2.05) is 12.1 Å². The van der Waals surface area contributed by atoms with Gasteiger partial charge in [0.1, 0.15) is 11.2 Å². The molecule has 1 heterocycles. The molecule has 0 saturated heterocycles. The second-order valence-corrected chi connectivity index (χ2v) is 8.71. The molecule has 1 aromatic rings. The Labute approximate surface area is 163 Å². The van der Waals surface area contributed by atoms with Gasteiger partial charge in [0.15, 0.2) is 0 Å². The Kier molecular flexibility index (Phi) is 7.87. The van der Waals surface area contributed by atoms with Crippen molar-refractivity contribution in [2.75, 3.05) is 13.1 Å². The van der Waals surface area contributed by atoms with E-state index in [0.29, 0.717) is 0 Å². The molecule has 0 aliphatic carbocycles. The van der Waals surface area contributed by atoms with E-state index >= 15 is 0 Å². The van der Waals surface area contributed by atoms with Crippen molar-refractivity contribution in [3.05, 3.63) is 28.5 Å². The number of hydrogen-bond donors (Lipinski definition) is 1. The minimum absolute atomic E-state index is 0.241. The first-order chi connectivity index (χ1) is 11.9. The Hall–Kier alpha value is -1.83. The van der Waals surface area contributed by atoms with Crippen LogP contribution < -0.4 is 5.32 Å². The van der Waals surface area contributed by atoms with Gasteiger partial charge in [-0.15, -0.1) is 0 Å². The van der Waals surface area contributed by atoms with Crippen LogP contribution in [0.3, 0.4) is 0 Å². The minimum Gasteiger partial charge on any atom is -0.444 e. The fourth-order valence-electron chi connectivity index (χ4n) is 1.86. The molecule has 0 bridgehead atoms. The molecule has 146 valence electrons. The van der Waals surface area contributed by atoms with Gasteiger partial charge >= 0.3 is 12.2 Å². The number of carbonyl (C=O) groups excluding carboxylic acids is 2.